The van der Waals surface area contributed by atoms with Gasteiger partial charge in [0.05, 0.1) is 23.8 Å². The number of ether oxygens (including phenoxy) is 2. The van der Waals surface area contributed by atoms with Crippen molar-refractivity contribution in [1.82, 2.24) is 14.8 Å². The van der Waals surface area contributed by atoms with E-state index < -0.39 is 6.04 Å². The van der Waals surface area contributed by atoms with Crippen molar-refractivity contribution in [2.24, 2.45) is 0 Å². The summed E-state index contributed by atoms with van der Waals surface area (Å²) in [7, 11) is 1.60. The largest absolute Gasteiger partial charge is 0.493 e. The van der Waals surface area contributed by atoms with E-state index in [1.165, 1.54) is 6.33 Å². The van der Waals surface area contributed by atoms with Gasteiger partial charge in [-0.25, -0.2) is 4.68 Å². The number of carbonyl (C=O) groups is 1. The van der Waals surface area contributed by atoms with Gasteiger partial charge in [-0.05, 0) is 71.6 Å². The standard InChI is InChI=1S/C24H26BrN5O3/c1-5-9-33-22-18(25)11-16(12-19(22)32-4)21-20(15(3)28-24-26-13-27-30(21)24)23(31)29-17-8-6-7-14(2)10-17/h6-8,10-13,21H,5,9H2,1-4H3,(H,29,31)(H,26,27,28). The molecule has 4 rings (SSSR count). The van der Waals surface area contributed by atoms with Gasteiger partial charge in [-0.15, -0.1) is 0 Å². The molecule has 1 aliphatic rings. The van der Waals surface area contributed by atoms with Gasteiger partial charge in [-0.1, -0.05) is 19.1 Å². The predicted molar refractivity (Wildman–Crippen MR) is 131 cm³/mol. The number of halogens is 1. The molecule has 33 heavy (non-hydrogen) atoms. The molecule has 0 radical (unpaired) electrons. The molecule has 3 aromatic rings. The van der Waals surface area contributed by atoms with E-state index in [1.807, 2.05) is 57.2 Å². The molecule has 1 unspecified atom stereocenters. The van der Waals surface area contributed by atoms with Crippen molar-refractivity contribution in [2.45, 2.75) is 33.2 Å². The van der Waals surface area contributed by atoms with Gasteiger partial charge in [-0.2, -0.15) is 10.1 Å². The Morgan fingerprint density at radius 2 is 2.09 bits per heavy atom. The smallest absolute Gasteiger partial charge is 0.255 e. The average molecular weight is 512 g/mol. The minimum atomic E-state index is -0.515. The van der Waals surface area contributed by atoms with Crippen LogP contribution in [0, 0.1) is 6.92 Å². The van der Waals surface area contributed by atoms with Gasteiger partial charge in [0.1, 0.15) is 12.4 Å². The number of hydrogen-bond acceptors (Lipinski definition) is 6. The molecule has 0 aliphatic carbocycles. The van der Waals surface area contributed by atoms with E-state index in [4.69, 9.17) is 9.47 Å². The Labute approximate surface area is 201 Å². The molecule has 1 atom stereocenters. The maximum atomic E-state index is 13.5. The fourth-order valence-electron chi connectivity index (χ4n) is 3.86. The zero-order valence-corrected chi connectivity index (χ0v) is 20.6. The third kappa shape index (κ3) is 4.59. The summed E-state index contributed by atoms with van der Waals surface area (Å²) >= 11 is 3.62. The maximum Gasteiger partial charge on any atom is 0.255 e. The van der Waals surface area contributed by atoms with Crippen molar-refractivity contribution in [1.29, 1.82) is 0 Å². The van der Waals surface area contributed by atoms with E-state index in [-0.39, 0.29) is 5.91 Å². The van der Waals surface area contributed by atoms with E-state index >= 15 is 0 Å². The minimum Gasteiger partial charge on any atom is -0.493 e. The highest BCUT2D eigenvalue weighted by molar-refractivity contribution is 9.10. The highest BCUT2D eigenvalue weighted by Gasteiger charge is 2.34. The molecule has 1 aliphatic heterocycles. The van der Waals surface area contributed by atoms with Crippen molar-refractivity contribution in [2.75, 3.05) is 24.4 Å². The minimum absolute atomic E-state index is 0.224. The van der Waals surface area contributed by atoms with Crippen molar-refractivity contribution >= 4 is 33.5 Å². The Hall–Kier alpha value is -3.33. The molecule has 0 spiro atoms. The molecule has 0 saturated heterocycles. The molecule has 0 fully saturated rings. The number of rotatable bonds is 7. The summed E-state index contributed by atoms with van der Waals surface area (Å²) in [5.74, 6) is 1.54. The number of aryl methyl sites for hydroxylation is 1. The maximum absolute atomic E-state index is 13.5. The molecule has 8 nitrogen and oxygen atoms in total. The number of aromatic nitrogens is 3. The number of anilines is 2. The van der Waals surface area contributed by atoms with Gasteiger partial charge in [0, 0.05) is 11.4 Å². The fraction of sp³-hybridized carbons (Fsp3) is 0.292. The van der Waals surface area contributed by atoms with Crippen LogP contribution in [0.4, 0.5) is 11.6 Å². The van der Waals surface area contributed by atoms with Crippen LogP contribution in [-0.2, 0) is 4.79 Å². The first-order chi connectivity index (χ1) is 15.9. The van der Waals surface area contributed by atoms with E-state index in [2.05, 4.69) is 36.6 Å². The topological polar surface area (TPSA) is 90.3 Å². The first-order valence-corrected chi connectivity index (χ1v) is 11.5. The summed E-state index contributed by atoms with van der Waals surface area (Å²) in [4.78, 5) is 17.8. The Kier molecular flexibility index (Phi) is 6.69. The summed E-state index contributed by atoms with van der Waals surface area (Å²) in [6, 6.07) is 11.0. The van der Waals surface area contributed by atoms with Gasteiger partial charge in [0.2, 0.25) is 5.95 Å². The molecule has 2 heterocycles. The van der Waals surface area contributed by atoms with Crippen LogP contribution in [0.1, 0.15) is 37.4 Å². The summed E-state index contributed by atoms with van der Waals surface area (Å²) in [5, 5.41) is 10.6. The second-order valence-corrected chi connectivity index (χ2v) is 8.65. The number of methoxy groups -OCH3 is 1. The lowest BCUT2D eigenvalue weighted by Gasteiger charge is -2.29. The van der Waals surface area contributed by atoms with Crippen LogP contribution in [0.3, 0.4) is 0 Å². The molecule has 0 bridgehead atoms. The lowest BCUT2D eigenvalue weighted by Crippen LogP contribution is -2.31. The number of nitrogens with one attached hydrogen (secondary N) is 2. The van der Waals surface area contributed by atoms with Gasteiger partial charge in [-0.3, -0.25) is 4.79 Å². The van der Waals surface area contributed by atoms with Crippen molar-refractivity contribution in [3.8, 4) is 11.5 Å². The van der Waals surface area contributed by atoms with Crippen LogP contribution in [0.5, 0.6) is 11.5 Å². The zero-order chi connectivity index (χ0) is 23.5. The number of fused-ring (bicyclic) bond motifs is 1. The van der Waals surface area contributed by atoms with Crippen molar-refractivity contribution < 1.29 is 14.3 Å². The van der Waals surface area contributed by atoms with E-state index in [0.29, 0.717) is 35.3 Å². The number of carbonyl (C=O) groups excluding carboxylic acids is 1. The van der Waals surface area contributed by atoms with Crippen molar-refractivity contribution in [3.63, 3.8) is 0 Å². The van der Waals surface area contributed by atoms with Gasteiger partial charge in [0.15, 0.2) is 11.5 Å². The summed E-state index contributed by atoms with van der Waals surface area (Å²) < 4.78 is 13.9. The highest BCUT2D eigenvalue weighted by atomic mass is 79.9. The zero-order valence-electron chi connectivity index (χ0n) is 19.0. The first kappa shape index (κ1) is 22.8. The number of hydrogen-bond donors (Lipinski definition) is 2. The monoisotopic (exact) mass is 511 g/mol. The highest BCUT2D eigenvalue weighted by Crippen LogP contribution is 2.42. The second kappa shape index (κ2) is 9.66. The Balaban J connectivity index is 1.79. The van der Waals surface area contributed by atoms with Gasteiger partial charge in [0.25, 0.3) is 5.91 Å². The lowest BCUT2D eigenvalue weighted by atomic mass is 9.94. The molecule has 172 valence electrons. The van der Waals surface area contributed by atoms with Crippen molar-refractivity contribution in [3.05, 3.63) is 69.6 Å². The second-order valence-electron chi connectivity index (χ2n) is 7.80. The SMILES string of the molecule is CCCOc1c(Br)cc(C2C(C(=O)Nc3cccc(C)c3)=C(C)Nc3ncnn32)cc1OC. The average Bonchev–Trinajstić information content (AvgIpc) is 3.24. The van der Waals surface area contributed by atoms with Crippen LogP contribution in [-0.4, -0.2) is 34.4 Å². The molecule has 1 aromatic heterocycles. The van der Waals surface area contributed by atoms with E-state index in [9.17, 15) is 4.79 Å². The molecular formula is C24H26BrN5O3. The third-order valence-electron chi connectivity index (χ3n) is 5.33. The van der Waals surface area contributed by atoms with Gasteiger partial charge < -0.3 is 20.1 Å². The quantitative estimate of drug-likeness (QED) is 0.459. The van der Waals surface area contributed by atoms with Crippen LogP contribution < -0.4 is 20.1 Å². The molecule has 9 heteroatoms. The normalized spacial score (nSPS) is 15.0. The third-order valence-corrected chi connectivity index (χ3v) is 5.92. The molecule has 1 amide bonds. The summed E-state index contributed by atoms with van der Waals surface area (Å²) in [6.07, 6.45) is 2.34. The number of benzene rings is 2. The Morgan fingerprint density at radius 3 is 2.82 bits per heavy atom. The van der Waals surface area contributed by atoms with E-state index in [1.54, 1.807) is 11.8 Å². The van der Waals surface area contributed by atoms with Gasteiger partial charge >= 0.3 is 0 Å². The van der Waals surface area contributed by atoms with Crippen LogP contribution >= 0.6 is 15.9 Å². The number of nitrogens with zero attached hydrogens (tertiary/aromatic N) is 3. The predicted octanol–water partition coefficient (Wildman–Crippen LogP) is 5.07. The Morgan fingerprint density at radius 1 is 1.27 bits per heavy atom. The molecule has 2 N–H and O–H groups in total. The number of allylic oxidation sites excluding steroid dienone is 1. The molecular weight excluding hydrogens is 486 g/mol. The van der Waals surface area contributed by atoms with Crippen LogP contribution in [0.15, 0.2) is 58.5 Å². The van der Waals surface area contributed by atoms with Crippen LogP contribution in [0.2, 0.25) is 0 Å². The lowest BCUT2D eigenvalue weighted by molar-refractivity contribution is -0.113. The molecule has 2 aromatic carbocycles. The molecule has 0 saturated carbocycles. The summed E-state index contributed by atoms with van der Waals surface area (Å²) in [6.45, 7) is 6.46. The fourth-order valence-corrected chi connectivity index (χ4v) is 4.43. The first-order valence-electron chi connectivity index (χ1n) is 10.7. The summed E-state index contributed by atoms with van der Waals surface area (Å²) in [5.41, 5.74) is 3.83. The van der Waals surface area contributed by atoms with Crippen LogP contribution in [0.25, 0.3) is 0 Å². The Bertz CT molecular complexity index is 1220. The van der Waals surface area contributed by atoms with E-state index in [0.717, 1.165) is 27.7 Å². The number of amides is 1.